The lowest BCUT2D eigenvalue weighted by atomic mass is 10.2. The number of guanidine groups is 1. The fourth-order valence-electron chi connectivity index (χ4n) is 1.08. The Labute approximate surface area is 134 Å². The second kappa shape index (κ2) is 11.3. The third-order valence-electron chi connectivity index (χ3n) is 2.54. The van der Waals surface area contributed by atoms with Crippen molar-refractivity contribution in [2.75, 3.05) is 27.2 Å². The molecular formula is C13H29IN4O. The maximum absolute atomic E-state index is 11.5. The average molecular weight is 384 g/mol. The Morgan fingerprint density at radius 2 is 1.84 bits per heavy atom. The number of amides is 1. The third-order valence-corrected chi connectivity index (χ3v) is 2.54. The molecule has 1 amide bonds. The summed E-state index contributed by atoms with van der Waals surface area (Å²) in [6.45, 7) is 9.51. The van der Waals surface area contributed by atoms with Crippen LogP contribution in [-0.4, -0.2) is 50.0 Å². The zero-order valence-electron chi connectivity index (χ0n) is 13.0. The smallest absolute Gasteiger partial charge is 0.243 e. The van der Waals surface area contributed by atoms with Gasteiger partial charge >= 0.3 is 0 Å². The van der Waals surface area contributed by atoms with Gasteiger partial charge in [0.25, 0.3) is 0 Å². The predicted octanol–water partition coefficient (Wildman–Crippen LogP) is 1.68. The molecule has 1 unspecified atom stereocenters. The highest BCUT2D eigenvalue weighted by Crippen LogP contribution is 1.91. The Morgan fingerprint density at radius 3 is 2.26 bits per heavy atom. The van der Waals surface area contributed by atoms with E-state index in [-0.39, 0.29) is 36.4 Å². The topological polar surface area (TPSA) is 56.7 Å². The minimum Gasteiger partial charge on any atom is -0.356 e. The molecule has 114 valence electrons. The summed E-state index contributed by atoms with van der Waals surface area (Å²) in [5, 5.41) is 6.53. The van der Waals surface area contributed by atoms with Crippen LogP contribution in [0.15, 0.2) is 4.99 Å². The van der Waals surface area contributed by atoms with Crippen LogP contribution in [0.25, 0.3) is 0 Å². The molecule has 5 nitrogen and oxygen atoms in total. The van der Waals surface area contributed by atoms with Gasteiger partial charge in [-0.1, -0.05) is 20.8 Å². The summed E-state index contributed by atoms with van der Waals surface area (Å²) >= 11 is 0. The van der Waals surface area contributed by atoms with Gasteiger partial charge in [-0.05, 0) is 19.3 Å². The first kappa shape index (κ1) is 20.8. The minimum atomic E-state index is 0. The summed E-state index contributed by atoms with van der Waals surface area (Å²) in [6.07, 6.45) is 1.02. The molecule has 0 aliphatic rings. The lowest BCUT2D eigenvalue weighted by Crippen LogP contribution is -2.44. The summed E-state index contributed by atoms with van der Waals surface area (Å²) < 4.78 is 0. The van der Waals surface area contributed by atoms with Crippen LogP contribution >= 0.6 is 24.0 Å². The second-order valence-corrected chi connectivity index (χ2v) is 5.18. The van der Waals surface area contributed by atoms with Gasteiger partial charge in [-0.2, -0.15) is 0 Å². The number of hydrogen-bond acceptors (Lipinski definition) is 2. The van der Waals surface area contributed by atoms with Crippen molar-refractivity contribution in [3.8, 4) is 0 Å². The summed E-state index contributed by atoms with van der Waals surface area (Å²) in [5.74, 6) is 1.26. The van der Waals surface area contributed by atoms with E-state index in [4.69, 9.17) is 0 Å². The number of nitrogens with one attached hydrogen (secondary N) is 2. The lowest BCUT2D eigenvalue weighted by molar-refractivity contribution is -0.127. The Hall–Kier alpha value is -0.530. The first-order valence-electron chi connectivity index (χ1n) is 6.61. The molecule has 0 fully saturated rings. The fourth-order valence-corrected chi connectivity index (χ4v) is 1.08. The molecule has 2 N–H and O–H groups in total. The van der Waals surface area contributed by atoms with E-state index in [0.717, 1.165) is 13.0 Å². The second-order valence-electron chi connectivity index (χ2n) is 5.18. The number of nitrogens with zero attached hydrogens (tertiary/aromatic N) is 2. The van der Waals surface area contributed by atoms with Gasteiger partial charge in [0, 0.05) is 26.7 Å². The monoisotopic (exact) mass is 384 g/mol. The number of hydrogen-bond donors (Lipinski definition) is 2. The first-order valence-corrected chi connectivity index (χ1v) is 6.61. The fraction of sp³-hybridized carbons (Fsp3) is 0.846. The Morgan fingerprint density at radius 1 is 1.26 bits per heavy atom. The Bertz CT molecular complexity index is 280. The Kier molecular flexibility index (Phi) is 12.4. The van der Waals surface area contributed by atoms with Crippen LogP contribution in [0.4, 0.5) is 0 Å². The SMILES string of the molecule is CCC(C)NC(=NCC(=O)N(C)C)NCC(C)C.I. The average Bonchev–Trinajstić information content (AvgIpc) is 2.31. The molecule has 19 heavy (non-hydrogen) atoms. The molecule has 0 aliphatic carbocycles. The molecule has 0 saturated heterocycles. The van der Waals surface area contributed by atoms with Crippen LogP contribution in [0, 0.1) is 5.92 Å². The molecule has 0 aromatic rings. The highest BCUT2D eigenvalue weighted by Gasteiger charge is 2.07. The summed E-state index contributed by atoms with van der Waals surface area (Å²) in [5.41, 5.74) is 0. The number of halogens is 1. The summed E-state index contributed by atoms with van der Waals surface area (Å²) in [4.78, 5) is 17.4. The molecule has 0 aromatic carbocycles. The maximum atomic E-state index is 11.5. The van der Waals surface area contributed by atoms with Crippen molar-refractivity contribution in [3.63, 3.8) is 0 Å². The van der Waals surface area contributed by atoms with Crippen molar-refractivity contribution >= 4 is 35.8 Å². The predicted molar refractivity (Wildman–Crippen MR) is 92.1 cm³/mol. The van der Waals surface area contributed by atoms with E-state index >= 15 is 0 Å². The molecule has 6 heteroatoms. The van der Waals surface area contributed by atoms with E-state index in [1.54, 1.807) is 19.0 Å². The van der Waals surface area contributed by atoms with Crippen molar-refractivity contribution in [1.29, 1.82) is 0 Å². The van der Waals surface area contributed by atoms with Crippen LogP contribution in [0.1, 0.15) is 34.1 Å². The molecule has 0 aromatic heterocycles. The van der Waals surface area contributed by atoms with Crippen LogP contribution in [0.2, 0.25) is 0 Å². The van der Waals surface area contributed by atoms with Crippen molar-refractivity contribution in [2.24, 2.45) is 10.9 Å². The van der Waals surface area contributed by atoms with E-state index in [2.05, 4.69) is 43.3 Å². The summed E-state index contributed by atoms with van der Waals surface area (Å²) in [7, 11) is 3.47. The number of aliphatic imine (C=N–C) groups is 1. The molecule has 1 atom stereocenters. The van der Waals surface area contributed by atoms with Gasteiger partial charge in [-0.3, -0.25) is 4.79 Å². The minimum absolute atomic E-state index is 0. The summed E-state index contributed by atoms with van der Waals surface area (Å²) in [6, 6.07) is 0.345. The zero-order valence-corrected chi connectivity index (χ0v) is 15.3. The van der Waals surface area contributed by atoms with Gasteiger partial charge in [0.05, 0.1) is 0 Å². The van der Waals surface area contributed by atoms with Gasteiger partial charge in [0.2, 0.25) is 5.91 Å². The Balaban J connectivity index is 0. The van der Waals surface area contributed by atoms with Crippen LogP contribution in [0.3, 0.4) is 0 Å². The van der Waals surface area contributed by atoms with Gasteiger partial charge in [0.15, 0.2) is 5.96 Å². The molecule has 0 saturated carbocycles. The molecule has 0 spiro atoms. The van der Waals surface area contributed by atoms with E-state index in [0.29, 0.717) is 17.9 Å². The third kappa shape index (κ3) is 11.0. The first-order chi connectivity index (χ1) is 8.36. The molecule has 0 heterocycles. The van der Waals surface area contributed by atoms with Crippen LogP contribution in [0.5, 0.6) is 0 Å². The molecule has 0 bridgehead atoms. The van der Waals surface area contributed by atoms with Crippen molar-refractivity contribution in [3.05, 3.63) is 0 Å². The van der Waals surface area contributed by atoms with Gasteiger partial charge < -0.3 is 15.5 Å². The van der Waals surface area contributed by atoms with E-state index in [9.17, 15) is 4.79 Å². The maximum Gasteiger partial charge on any atom is 0.243 e. The number of rotatable bonds is 6. The van der Waals surface area contributed by atoms with E-state index < -0.39 is 0 Å². The van der Waals surface area contributed by atoms with Gasteiger partial charge in [0.1, 0.15) is 6.54 Å². The van der Waals surface area contributed by atoms with Crippen LogP contribution in [-0.2, 0) is 4.79 Å². The normalized spacial score (nSPS) is 12.7. The molecule has 0 aliphatic heterocycles. The van der Waals surface area contributed by atoms with Crippen molar-refractivity contribution in [2.45, 2.75) is 40.2 Å². The van der Waals surface area contributed by atoms with E-state index in [1.807, 2.05) is 0 Å². The van der Waals surface area contributed by atoms with Crippen molar-refractivity contribution in [1.82, 2.24) is 15.5 Å². The molecular weight excluding hydrogens is 355 g/mol. The lowest BCUT2D eigenvalue weighted by Gasteiger charge is -2.18. The van der Waals surface area contributed by atoms with E-state index in [1.165, 1.54) is 0 Å². The molecule has 0 radical (unpaired) electrons. The highest BCUT2D eigenvalue weighted by atomic mass is 127. The number of likely N-dealkylation sites (N-methyl/N-ethyl adjacent to an activating group) is 1. The molecule has 0 rings (SSSR count). The standard InChI is InChI=1S/C13H28N4O.HI/c1-7-11(4)16-13(14-8-10(2)3)15-9-12(18)17(5)6;/h10-11H,7-9H2,1-6H3,(H2,14,15,16);1H. The highest BCUT2D eigenvalue weighted by molar-refractivity contribution is 14.0. The van der Waals surface area contributed by atoms with Gasteiger partial charge in [-0.25, -0.2) is 4.99 Å². The quantitative estimate of drug-likeness (QED) is 0.416. The van der Waals surface area contributed by atoms with Crippen molar-refractivity contribution < 1.29 is 4.79 Å². The van der Waals surface area contributed by atoms with Crippen LogP contribution < -0.4 is 10.6 Å². The number of carbonyl (C=O) groups excluding carboxylic acids is 1. The number of carbonyl (C=O) groups is 1. The van der Waals surface area contributed by atoms with Gasteiger partial charge in [-0.15, -0.1) is 24.0 Å². The zero-order chi connectivity index (χ0) is 14.1. The largest absolute Gasteiger partial charge is 0.356 e.